The molecule has 15 heavy (non-hydrogen) atoms. The first-order chi connectivity index (χ1) is 6.92. The molecule has 1 saturated carbocycles. The van der Waals surface area contributed by atoms with Gasteiger partial charge in [0, 0.05) is 12.3 Å². The van der Waals surface area contributed by atoms with Gasteiger partial charge in [-0.3, -0.25) is 4.79 Å². The minimum Gasteiger partial charge on any atom is -0.460 e. The molecule has 0 radical (unpaired) electrons. The monoisotopic (exact) mass is 212 g/mol. The molecule has 2 atom stereocenters. The Kier molecular flexibility index (Phi) is 3.89. The van der Waals surface area contributed by atoms with Crippen molar-refractivity contribution in [2.24, 2.45) is 11.8 Å². The third kappa shape index (κ3) is 4.02. The molecule has 0 unspecified atom stereocenters. The van der Waals surface area contributed by atoms with Crippen LogP contribution in [-0.4, -0.2) is 17.9 Å². The van der Waals surface area contributed by atoms with Gasteiger partial charge >= 0.3 is 5.97 Å². The number of aldehydes is 1. The molecule has 0 saturated heterocycles. The fourth-order valence-electron chi connectivity index (χ4n) is 2.10. The van der Waals surface area contributed by atoms with E-state index in [2.05, 4.69) is 0 Å². The number of carbonyl (C=O) groups is 2. The molecule has 1 rings (SSSR count). The number of ether oxygens (including phenoxy) is 1. The van der Waals surface area contributed by atoms with E-state index in [1.807, 2.05) is 20.8 Å². The zero-order valence-corrected chi connectivity index (χ0v) is 9.79. The van der Waals surface area contributed by atoms with Crippen molar-refractivity contribution in [3.8, 4) is 0 Å². The Morgan fingerprint density at radius 3 is 2.60 bits per heavy atom. The third-order valence-corrected chi connectivity index (χ3v) is 2.74. The molecule has 0 N–H and O–H groups in total. The van der Waals surface area contributed by atoms with Crippen molar-refractivity contribution in [3.63, 3.8) is 0 Å². The lowest BCUT2D eigenvalue weighted by Crippen LogP contribution is -2.26. The number of hydrogen-bond acceptors (Lipinski definition) is 3. The molecular formula is C12H20O3. The van der Waals surface area contributed by atoms with Crippen molar-refractivity contribution in [1.29, 1.82) is 0 Å². The van der Waals surface area contributed by atoms with Crippen molar-refractivity contribution in [3.05, 3.63) is 0 Å². The maximum Gasteiger partial charge on any atom is 0.306 e. The predicted molar refractivity (Wildman–Crippen MR) is 57.4 cm³/mol. The summed E-state index contributed by atoms with van der Waals surface area (Å²) in [6.07, 6.45) is 4.33. The molecule has 1 aliphatic rings. The zero-order valence-electron chi connectivity index (χ0n) is 9.79. The first-order valence-electron chi connectivity index (χ1n) is 5.59. The molecule has 3 nitrogen and oxygen atoms in total. The summed E-state index contributed by atoms with van der Waals surface area (Å²) in [5.41, 5.74) is -0.424. The van der Waals surface area contributed by atoms with Gasteiger partial charge in [-0.05, 0) is 39.5 Å². The van der Waals surface area contributed by atoms with Crippen LogP contribution in [0.1, 0.15) is 46.5 Å². The summed E-state index contributed by atoms with van der Waals surface area (Å²) in [6.45, 7) is 5.57. The van der Waals surface area contributed by atoms with Crippen LogP contribution in [0.5, 0.6) is 0 Å². The summed E-state index contributed by atoms with van der Waals surface area (Å²) in [7, 11) is 0. The lowest BCUT2D eigenvalue weighted by atomic mass is 9.94. The average Bonchev–Trinajstić information content (AvgIpc) is 2.48. The standard InChI is InChI=1S/C12H20O3/c1-12(2,3)15-11(14)7-9-5-4-6-10(9)8-13/h8-10H,4-7H2,1-3H3/t9-,10+/m1/s1. The topological polar surface area (TPSA) is 43.4 Å². The van der Waals surface area contributed by atoms with Crippen LogP contribution in [0.25, 0.3) is 0 Å². The van der Waals surface area contributed by atoms with Crippen LogP contribution in [-0.2, 0) is 14.3 Å². The lowest BCUT2D eigenvalue weighted by Gasteiger charge is -2.21. The van der Waals surface area contributed by atoms with E-state index in [0.29, 0.717) is 6.42 Å². The van der Waals surface area contributed by atoms with Gasteiger partial charge in [0.15, 0.2) is 0 Å². The van der Waals surface area contributed by atoms with E-state index in [9.17, 15) is 9.59 Å². The van der Waals surface area contributed by atoms with Gasteiger partial charge in [0.1, 0.15) is 11.9 Å². The highest BCUT2D eigenvalue weighted by Gasteiger charge is 2.30. The van der Waals surface area contributed by atoms with Crippen LogP contribution in [0, 0.1) is 11.8 Å². The molecule has 1 aliphatic carbocycles. The van der Waals surface area contributed by atoms with Crippen molar-refractivity contribution in [2.75, 3.05) is 0 Å². The Labute approximate surface area is 91.2 Å². The van der Waals surface area contributed by atoms with Gasteiger partial charge in [-0.1, -0.05) is 6.42 Å². The molecule has 0 amide bonds. The fraction of sp³-hybridized carbons (Fsp3) is 0.833. The van der Waals surface area contributed by atoms with Crippen LogP contribution in [0.2, 0.25) is 0 Å². The average molecular weight is 212 g/mol. The van der Waals surface area contributed by atoms with Crippen LogP contribution in [0.15, 0.2) is 0 Å². The maximum absolute atomic E-state index is 11.5. The van der Waals surface area contributed by atoms with Gasteiger partial charge in [-0.2, -0.15) is 0 Å². The van der Waals surface area contributed by atoms with Crippen LogP contribution >= 0.6 is 0 Å². The molecule has 1 fully saturated rings. The second-order valence-electron chi connectivity index (χ2n) is 5.28. The van der Waals surface area contributed by atoms with Gasteiger partial charge in [-0.25, -0.2) is 0 Å². The molecule has 0 aromatic rings. The highest BCUT2D eigenvalue weighted by atomic mass is 16.6. The summed E-state index contributed by atoms with van der Waals surface area (Å²) in [4.78, 5) is 22.3. The molecule has 0 bridgehead atoms. The Morgan fingerprint density at radius 2 is 2.07 bits per heavy atom. The highest BCUT2D eigenvalue weighted by molar-refractivity contribution is 5.71. The normalized spacial score (nSPS) is 26.3. The molecule has 0 aromatic heterocycles. The van der Waals surface area contributed by atoms with E-state index in [0.717, 1.165) is 25.5 Å². The number of hydrogen-bond donors (Lipinski definition) is 0. The first-order valence-corrected chi connectivity index (χ1v) is 5.59. The summed E-state index contributed by atoms with van der Waals surface area (Å²) in [6, 6.07) is 0. The second kappa shape index (κ2) is 4.77. The minimum atomic E-state index is -0.424. The molecular weight excluding hydrogens is 192 g/mol. The van der Waals surface area contributed by atoms with E-state index in [-0.39, 0.29) is 17.8 Å². The Bertz CT molecular complexity index is 240. The van der Waals surface area contributed by atoms with Crippen LogP contribution in [0.4, 0.5) is 0 Å². The second-order valence-corrected chi connectivity index (χ2v) is 5.28. The molecule has 0 aliphatic heterocycles. The van der Waals surface area contributed by atoms with Gasteiger partial charge in [0.25, 0.3) is 0 Å². The molecule has 0 spiro atoms. The third-order valence-electron chi connectivity index (χ3n) is 2.74. The number of carbonyl (C=O) groups excluding carboxylic acids is 2. The van der Waals surface area contributed by atoms with Gasteiger partial charge in [-0.15, -0.1) is 0 Å². The highest BCUT2D eigenvalue weighted by Crippen LogP contribution is 2.33. The zero-order chi connectivity index (χ0) is 11.5. The number of rotatable bonds is 3. The fourth-order valence-corrected chi connectivity index (χ4v) is 2.10. The summed E-state index contributed by atoms with van der Waals surface area (Å²) in [5.74, 6) is 0.0936. The molecule has 86 valence electrons. The smallest absolute Gasteiger partial charge is 0.306 e. The quantitative estimate of drug-likeness (QED) is 0.532. The van der Waals surface area contributed by atoms with Crippen molar-refractivity contribution in [2.45, 2.75) is 52.1 Å². The Morgan fingerprint density at radius 1 is 1.40 bits per heavy atom. The Hall–Kier alpha value is -0.860. The van der Waals surface area contributed by atoms with E-state index < -0.39 is 5.60 Å². The summed E-state index contributed by atoms with van der Waals surface area (Å²) < 4.78 is 5.24. The van der Waals surface area contributed by atoms with Crippen molar-refractivity contribution < 1.29 is 14.3 Å². The SMILES string of the molecule is CC(C)(C)OC(=O)C[C@H]1CCC[C@H]1C=O. The van der Waals surface area contributed by atoms with E-state index in [1.54, 1.807) is 0 Å². The predicted octanol–water partition coefficient (Wildman–Crippen LogP) is 2.33. The molecule has 3 heteroatoms. The minimum absolute atomic E-state index is 0.0671. The number of esters is 1. The van der Waals surface area contributed by atoms with Crippen molar-refractivity contribution >= 4 is 12.3 Å². The first kappa shape index (κ1) is 12.2. The molecule has 0 aromatic carbocycles. The summed E-state index contributed by atoms with van der Waals surface area (Å²) in [5, 5.41) is 0. The van der Waals surface area contributed by atoms with E-state index >= 15 is 0 Å². The van der Waals surface area contributed by atoms with Gasteiger partial charge < -0.3 is 9.53 Å². The van der Waals surface area contributed by atoms with E-state index in [1.165, 1.54) is 0 Å². The van der Waals surface area contributed by atoms with Gasteiger partial charge in [0.05, 0.1) is 0 Å². The Balaban J connectivity index is 2.41. The van der Waals surface area contributed by atoms with E-state index in [4.69, 9.17) is 4.74 Å². The van der Waals surface area contributed by atoms with Crippen LogP contribution in [0.3, 0.4) is 0 Å². The van der Waals surface area contributed by atoms with Crippen LogP contribution < -0.4 is 0 Å². The maximum atomic E-state index is 11.5. The largest absolute Gasteiger partial charge is 0.460 e. The van der Waals surface area contributed by atoms with Crippen molar-refractivity contribution in [1.82, 2.24) is 0 Å². The lowest BCUT2D eigenvalue weighted by molar-refractivity contribution is -0.156. The summed E-state index contributed by atoms with van der Waals surface area (Å²) >= 11 is 0. The van der Waals surface area contributed by atoms with Gasteiger partial charge in [0.2, 0.25) is 0 Å². The molecule has 0 heterocycles.